The number of aromatic amines is 1. The largest absolute Gasteiger partial charge is 0.338 e. The molecule has 0 amide bonds. The molecule has 2 aromatic heterocycles. The third kappa shape index (κ3) is 2.13. The zero-order valence-corrected chi connectivity index (χ0v) is 11.3. The lowest BCUT2D eigenvalue weighted by Crippen LogP contribution is -1.98. The fourth-order valence-electron chi connectivity index (χ4n) is 2.06. The lowest BCUT2D eigenvalue weighted by Gasteiger charge is -2.12. The van der Waals surface area contributed by atoms with Crippen molar-refractivity contribution in [3.8, 4) is 0 Å². The first-order valence-corrected chi connectivity index (χ1v) is 6.21. The van der Waals surface area contributed by atoms with Gasteiger partial charge in [-0.3, -0.25) is 5.10 Å². The molecule has 3 aromatic rings. The molecule has 96 valence electrons. The summed E-state index contributed by atoms with van der Waals surface area (Å²) in [5, 5.41) is 11.5. The minimum absolute atomic E-state index is 0.674. The molecule has 0 radical (unpaired) electrons. The number of aryl methyl sites for hydroxylation is 2. The molecule has 0 unspecified atom stereocenters. The van der Waals surface area contributed by atoms with Crippen LogP contribution in [0.4, 0.5) is 11.5 Å². The molecule has 6 heteroatoms. The Kier molecular flexibility index (Phi) is 2.83. The number of nitrogens with one attached hydrogen (secondary N) is 2. The Morgan fingerprint density at radius 2 is 2.05 bits per heavy atom. The first-order chi connectivity index (χ1) is 9.15. The van der Waals surface area contributed by atoms with Crippen molar-refractivity contribution >= 4 is 34.1 Å². The topological polar surface area (TPSA) is 66.5 Å². The first-order valence-electron chi connectivity index (χ1n) is 5.83. The Morgan fingerprint density at radius 3 is 2.84 bits per heavy atom. The molecule has 1 aromatic carbocycles. The molecule has 0 bridgehead atoms. The highest BCUT2D eigenvalue weighted by atomic mass is 35.5. The van der Waals surface area contributed by atoms with Crippen molar-refractivity contribution in [2.24, 2.45) is 0 Å². The summed E-state index contributed by atoms with van der Waals surface area (Å²) >= 11 is 6.28. The summed E-state index contributed by atoms with van der Waals surface area (Å²) in [6.45, 7) is 4.02. The highest BCUT2D eigenvalue weighted by molar-refractivity contribution is 6.33. The van der Waals surface area contributed by atoms with Crippen molar-refractivity contribution in [1.29, 1.82) is 0 Å². The van der Waals surface area contributed by atoms with E-state index in [4.69, 9.17) is 11.6 Å². The number of H-pyrrole nitrogens is 1. The van der Waals surface area contributed by atoms with Crippen molar-refractivity contribution in [2.75, 3.05) is 5.32 Å². The average Bonchev–Trinajstić information content (AvgIpc) is 2.82. The molecule has 0 aliphatic heterocycles. The highest BCUT2D eigenvalue weighted by Gasteiger charge is 2.10. The lowest BCUT2D eigenvalue weighted by molar-refractivity contribution is 1.09. The minimum atomic E-state index is 0.674. The van der Waals surface area contributed by atoms with Gasteiger partial charge < -0.3 is 5.32 Å². The zero-order chi connectivity index (χ0) is 13.4. The Morgan fingerprint density at radius 1 is 1.21 bits per heavy atom. The van der Waals surface area contributed by atoms with Gasteiger partial charge >= 0.3 is 0 Å². The normalized spacial score (nSPS) is 10.9. The van der Waals surface area contributed by atoms with E-state index in [1.165, 1.54) is 6.33 Å². The Labute approximate surface area is 115 Å². The molecule has 0 saturated carbocycles. The second-order valence-electron chi connectivity index (χ2n) is 4.42. The van der Waals surface area contributed by atoms with Gasteiger partial charge in [0.25, 0.3) is 0 Å². The standard InChI is InChI=1S/C13H12ClN5/c1-7-3-8(2)11(10(14)4-7)18-12-9-5-17-19-13(9)16-6-15-12/h3-6H,1-2H3,(H2,15,16,17,18,19). The van der Waals surface area contributed by atoms with E-state index in [0.29, 0.717) is 16.5 Å². The van der Waals surface area contributed by atoms with Crippen molar-refractivity contribution in [1.82, 2.24) is 20.2 Å². The van der Waals surface area contributed by atoms with Crippen LogP contribution in [0.5, 0.6) is 0 Å². The van der Waals surface area contributed by atoms with Crippen molar-refractivity contribution in [3.63, 3.8) is 0 Å². The van der Waals surface area contributed by atoms with E-state index in [2.05, 4.69) is 31.5 Å². The number of halogens is 1. The monoisotopic (exact) mass is 273 g/mol. The minimum Gasteiger partial charge on any atom is -0.338 e. The van der Waals surface area contributed by atoms with Crippen molar-refractivity contribution < 1.29 is 0 Å². The maximum Gasteiger partial charge on any atom is 0.160 e. The fraction of sp³-hybridized carbons (Fsp3) is 0.154. The number of hydrogen-bond acceptors (Lipinski definition) is 4. The highest BCUT2D eigenvalue weighted by Crippen LogP contribution is 2.31. The van der Waals surface area contributed by atoms with E-state index in [1.54, 1.807) is 6.20 Å². The number of aromatic nitrogens is 4. The molecule has 0 saturated heterocycles. The number of hydrogen-bond donors (Lipinski definition) is 2. The Hall–Kier alpha value is -2.14. The van der Waals surface area contributed by atoms with Crippen LogP contribution in [0, 0.1) is 13.8 Å². The Balaban J connectivity index is 2.09. The van der Waals surface area contributed by atoms with E-state index < -0.39 is 0 Å². The summed E-state index contributed by atoms with van der Waals surface area (Å²) in [6, 6.07) is 3.99. The van der Waals surface area contributed by atoms with Crippen LogP contribution < -0.4 is 5.32 Å². The third-order valence-corrected chi connectivity index (χ3v) is 3.22. The number of fused-ring (bicyclic) bond motifs is 1. The van der Waals surface area contributed by atoms with Crippen LogP contribution in [0.1, 0.15) is 11.1 Å². The van der Waals surface area contributed by atoms with Gasteiger partial charge in [0.1, 0.15) is 12.1 Å². The second-order valence-corrected chi connectivity index (χ2v) is 4.83. The number of benzene rings is 1. The van der Waals surface area contributed by atoms with Gasteiger partial charge in [-0.05, 0) is 31.0 Å². The molecule has 2 heterocycles. The quantitative estimate of drug-likeness (QED) is 0.751. The molecule has 5 nitrogen and oxygen atoms in total. The van der Waals surface area contributed by atoms with Gasteiger partial charge in [-0.2, -0.15) is 5.10 Å². The SMILES string of the molecule is Cc1cc(C)c(Nc2ncnc3[nH]ncc23)c(Cl)c1. The maximum atomic E-state index is 6.28. The fourth-order valence-corrected chi connectivity index (χ4v) is 2.43. The van der Waals surface area contributed by atoms with Gasteiger partial charge in [-0.15, -0.1) is 0 Å². The van der Waals surface area contributed by atoms with Crippen molar-refractivity contribution in [2.45, 2.75) is 13.8 Å². The summed E-state index contributed by atoms with van der Waals surface area (Å²) < 4.78 is 0. The molecular formula is C13H12ClN5. The van der Waals surface area contributed by atoms with E-state index in [9.17, 15) is 0 Å². The summed E-state index contributed by atoms with van der Waals surface area (Å²) in [5.41, 5.74) is 3.75. The van der Waals surface area contributed by atoms with Crippen LogP contribution in [-0.2, 0) is 0 Å². The van der Waals surface area contributed by atoms with Gasteiger partial charge in [0, 0.05) is 0 Å². The second kappa shape index (κ2) is 4.51. The van der Waals surface area contributed by atoms with Crippen LogP contribution in [-0.4, -0.2) is 20.2 Å². The molecule has 3 rings (SSSR count). The van der Waals surface area contributed by atoms with Crippen LogP contribution in [0.15, 0.2) is 24.7 Å². The van der Waals surface area contributed by atoms with Crippen LogP contribution in [0.25, 0.3) is 11.0 Å². The molecule has 0 spiro atoms. The molecule has 2 N–H and O–H groups in total. The van der Waals surface area contributed by atoms with E-state index in [-0.39, 0.29) is 0 Å². The van der Waals surface area contributed by atoms with E-state index in [0.717, 1.165) is 22.2 Å². The molecule has 0 atom stereocenters. The van der Waals surface area contributed by atoms with Gasteiger partial charge in [0.15, 0.2) is 5.65 Å². The molecular weight excluding hydrogens is 262 g/mol. The zero-order valence-electron chi connectivity index (χ0n) is 10.5. The molecule has 19 heavy (non-hydrogen) atoms. The molecule has 0 aliphatic carbocycles. The van der Waals surface area contributed by atoms with Gasteiger partial charge in [-0.1, -0.05) is 17.7 Å². The predicted octanol–water partition coefficient (Wildman–Crippen LogP) is 3.37. The first kappa shape index (κ1) is 11.9. The predicted molar refractivity (Wildman–Crippen MR) is 75.9 cm³/mol. The maximum absolute atomic E-state index is 6.28. The van der Waals surface area contributed by atoms with Gasteiger partial charge in [0.05, 0.1) is 22.3 Å². The van der Waals surface area contributed by atoms with E-state index >= 15 is 0 Å². The summed E-state index contributed by atoms with van der Waals surface area (Å²) in [7, 11) is 0. The number of anilines is 2. The smallest absolute Gasteiger partial charge is 0.160 e. The summed E-state index contributed by atoms with van der Waals surface area (Å²) in [6.07, 6.45) is 3.18. The van der Waals surface area contributed by atoms with Gasteiger partial charge in [0.2, 0.25) is 0 Å². The van der Waals surface area contributed by atoms with Crippen LogP contribution in [0.2, 0.25) is 5.02 Å². The van der Waals surface area contributed by atoms with E-state index in [1.807, 2.05) is 19.9 Å². The molecule has 0 aliphatic rings. The van der Waals surface area contributed by atoms with Gasteiger partial charge in [-0.25, -0.2) is 9.97 Å². The number of nitrogens with zero attached hydrogens (tertiary/aromatic N) is 3. The van der Waals surface area contributed by atoms with Crippen LogP contribution in [0.3, 0.4) is 0 Å². The number of rotatable bonds is 2. The van der Waals surface area contributed by atoms with Crippen molar-refractivity contribution in [3.05, 3.63) is 40.8 Å². The summed E-state index contributed by atoms with van der Waals surface area (Å²) in [5.74, 6) is 0.688. The third-order valence-electron chi connectivity index (χ3n) is 2.92. The average molecular weight is 274 g/mol. The molecule has 0 fully saturated rings. The Bertz CT molecular complexity index is 727. The van der Waals surface area contributed by atoms with Crippen LogP contribution >= 0.6 is 11.6 Å². The summed E-state index contributed by atoms with van der Waals surface area (Å²) in [4.78, 5) is 8.34. The lowest BCUT2D eigenvalue weighted by atomic mass is 10.1.